The van der Waals surface area contributed by atoms with Gasteiger partial charge in [0.05, 0.1) is 6.61 Å². The number of benzene rings is 1. The van der Waals surface area contributed by atoms with Gasteiger partial charge in [0.1, 0.15) is 5.75 Å². The molecular weight excluding hydrogens is 266 g/mol. The minimum Gasteiger partial charge on any atom is -0.494 e. The number of aryl methyl sites for hydroxylation is 1. The molecule has 0 bridgehead atoms. The second-order valence-electron chi connectivity index (χ2n) is 5.51. The third-order valence-corrected chi connectivity index (χ3v) is 3.56. The topological polar surface area (TPSA) is 58.6 Å². The van der Waals surface area contributed by atoms with E-state index in [-0.39, 0.29) is 24.5 Å². The Morgan fingerprint density at radius 3 is 3.00 bits per heavy atom. The molecule has 0 fully saturated rings. The molecule has 0 saturated heterocycles. The number of aliphatic hydroxyl groups is 1. The molecule has 0 aliphatic heterocycles. The van der Waals surface area contributed by atoms with Crippen molar-refractivity contribution in [3.05, 3.63) is 42.0 Å². The van der Waals surface area contributed by atoms with Gasteiger partial charge in [0.2, 0.25) is 5.91 Å². The Morgan fingerprint density at radius 1 is 1.43 bits per heavy atom. The van der Waals surface area contributed by atoms with Crippen molar-refractivity contribution in [2.75, 3.05) is 13.2 Å². The van der Waals surface area contributed by atoms with Gasteiger partial charge in [-0.25, -0.2) is 0 Å². The summed E-state index contributed by atoms with van der Waals surface area (Å²) < 4.78 is 5.61. The number of nitrogens with one attached hydrogen (secondary N) is 1. The highest BCUT2D eigenvalue weighted by Crippen LogP contribution is 2.17. The average molecular weight is 289 g/mol. The van der Waals surface area contributed by atoms with Gasteiger partial charge in [-0.3, -0.25) is 4.79 Å². The van der Waals surface area contributed by atoms with Crippen molar-refractivity contribution in [3.63, 3.8) is 0 Å². The average Bonchev–Trinajstić information content (AvgIpc) is 2.91. The van der Waals surface area contributed by atoms with Crippen molar-refractivity contribution in [2.45, 2.75) is 32.2 Å². The summed E-state index contributed by atoms with van der Waals surface area (Å²) in [4.78, 5) is 11.8. The zero-order chi connectivity index (χ0) is 15.1. The van der Waals surface area contributed by atoms with Crippen LogP contribution in [0.2, 0.25) is 0 Å². The summed E-state index contributed by atoms with van der Waals surface area (Å²) in [5.41, 5.74) is 1.16. The lowest BCUT2D eigenvalue weighted by molar-refractivity contribution is -0.121. The Kier molecular flexibility index (Phi) is 5.81. The van der Waals surface area contributed by atoms with E-state index >= 15 is 0 Å². The molecule has 1 aliphatic carbocycles. The van der Waals surface area contributed by atoms with Crippen LogP contribution >= 0.6 is 0 Å². The van der Waals surface area contributed by atoms with Crippen molar-refractivity contribution < 1.29 is 14.6 Å². The Morgan fingerprint density at radius 2 is 2.29 bits per heavy atom. The number of hydrogen-bond donors (Lipinski definition) is 2. The maximum atomic E-state index is 11.8. The molecule has 1 aromatic rings. The largest absolute Gasteiger partial charge is 0.494 e. The third-order valence-electron chi connectivity index (χ3n) is 3.56. The van der Waals surface area contributed by atoms with Crippen LogP contribution < -0.4 is 10.1 Å². The number of rotatable bonds is 7. The Bertz CT molecular complexity index is 499. The van der Waals surface area contributed by atoms with E-state index in [1.807, 2.05) is 43.3 Å². The van der Waals surface area contributed by atoms with Gasteiger partial charge in [0.15, 0.2) is 0 Å². The van der Waals surface area contributed by atoms with Crippen LogP contribution in [0.4, 0.5) is 0 Å². The van der Waals surface area contributed by atoms with E-state index in [9.17, 15) is 4.79 Å². The van der Waals surface area contributed by atoms with E-state index in [0.717, 1.165) is 17.7 Å². The molecule has 2 N–H and O–H groups in total. The SMILES string of the molecule is Cc1cccc(OCCCC(=O)N[C@@H]2C=C[C@H](CO)C2)c1. The highest BCUT2D eigenvalue weighted by Gasteiger charge is 2.19. The monoisotopic (exact) mass is 289 g/mol. The van der Waals surface area contributed by atoms with Gasteiger partial charge < -0.3 is 15.2 Å². The summed E-state index contributed by atoms with van der Waals surface area (Å²) >= 11 is 0. The van der Waals surface area contributed by atoms with E-state index in [1.165, 1.54) is 0 Å². The van der Waals surface area contributed by atoms with E-state index < -0.39 is 0 Å². The standard InChI is InChI=1S/C17H23NO3/c1-13-4-2-5-16(10-13)21-9-3-6-17(20)18-15-8-7-14(11-15)12-19/h2,4-5,7-8,10,14-15,19H,3,6,9,11-12H2,1H3,(H,18,20)/t14-,15+/m0/s1. The molecule has 1 aromatic carbocycles. The first-order valence-corrected chi connectivity index (χ1v) is 7.45. The lowest BCUT2D eigenvalue weighted by Gasteiger charge is -2.13. The van der Waals surface area contributed by atoms with Gasteiger partial charge >= 0.3 is 0 Å². The van der Waals surface area contributed by atoms with Crippen molar-refractivity contribution >= 4 is 5.91 Å². The Hall–Kier alpha value is -1.81. The molecule has 0 unspecified atom stereocenters. The molecule has 114 valence electrons. The minimum atomic E-state index is 0.0380. The van der Waals surface area contributed by atoms with Crippen LogP contribution in [0.1, 0.15) is 24.8 Å². The number of aliphatic hydroxyl groups excluding tert-OH is 1. The van der Waals surface area contributed by atoms with Crippen LogP contribution in [0.5, 0.6) is 5.75 Å². The fourth-order valence-electron chi connectivity index (χ4n) is 2.42. The maximum absolute atomic E-state index is 11.8. The summed E-state index contributed by atoms with van der Waals surface area (Å²) in [6, 6.07) is 7.95. The van der Waals surface area contributed by atoms with Crippen LogP contribution in [0.3, 0.4) is 0 Å². The number of carbonyl (C=O) groups is 1. The molecular formula is C17H23NO3. The zero-order valence-corrected chi connectivity index (χ0v) is 12.4. The molecule has 1 amide bonds. The molecule has 0 spiro atoms. The fraction of sp³-hybridized carbons (Fsp3) is 0.471. The van der Waals surface area contributed by atoms with E-state index in [1.54, 1.807) is 0 Å². The van der Waals surface area contributed by atoms with Crippen LogP contribution in [-0.2, 0) is 4.79 Å². The van der Waals surface area contributed by atoms with E-state index in [4.69, 9.17) is 9.84 Å². The molecule has 0 saturated carbocycles. The van der Waals surface area contributed by atoms with Crippen molar-refractivity contribution in [2.24, 2.45) is 5.92 Å². The first-order valence-electron chi connectivity index (χ1n) is 7.45. The lowest BCUT2D eigenvalue weighted by atomic mass is 10.1. The second-order valence-corrected chi connectivity index (χ2v) is 5.51. The van der Waals surface area contributed by atoms with Gasteiger partial charge in [0.25, 0.3) is 0 Å². The van der Waals surface area contributed by atoms with Gasteiger partial charge in [-0.1, -0.05) is 24.3 Å². The van der Waals surface area contributed by atoms with Gasteiger partial charge in [-0.15, -0.1) is 0 Å². The van der Waals surface area contributed by atoms with E-state index in [2.05, 4.69) is 5.32 Å². The fourth-order valence-corrected chi connectivity index (χ4v) is 2.42. The van der Waals surface area contributed by atoms with Crippen LogP contribution in [0, 0.1) is 12.8 Å². The summed E-state index contributed by atoms with van der Waals surface area (Å²) in [5.74, 6) is 1.07. The molecule has 0 radical (unpaired) electrons. The van der Waals surface area contributed by atoms with Gasteiger partial charge in [-0.05, 0) is 37.5 Å². The third kappa shape index (κ3) is 5.23. The van der Waals surface area contributed by atoms with Crippen molar-refractivity contribution in [1.29, 1.82) is 0 Å². The minimum absolute atomic E-state index is 0.0380. The number of amides is 1. The summed E-state index contributed by atoms with van der Waals surface area (Å²) in [5, 5.41) is 12.0. The van der Waals surface area contributed by atoms with Crippen LogP contribution in [0.15, 0.2) is 36.4 Å². The maximum Gasteiger partial charge on any atom is 0.220 e. The Labute approximate surface area is 125 Å². The number of hydrogen-bond acceptors (Lipinski definition) is 3. The smallest absolute Gasteiger partial charge is 0.220 e. The highest BCUT2D eigenvalue weighted by atomic mass is 16.5. The molecule has 21 heavy (non-hydrogen) atoms. The first kappa shape index (κ1) is 15.6. The highest BCUT2D eigenvalue weighted by molar-refractivity contribution is 5.76. The zero-order valence-electron chi connectivity index (χ0n) is 12.4. The molecule has 2 rings (SSSR count). The lowest BCUT2D eigenvalue weighted by Crippen LogP contribution is -2.32. The van der Waals surface area contributed by atoms with Crippen molar-refractivity contribution in [1.82, 2.24) is 5.32 Å². The molecule has 0 aromatic heterocycles. The molecule has 4 heteroatoms. The van der Waals surface area contributed by atoms with E-state index in [0.29, 0.717) is 19.4 Å². The second kappa shape index (κ2) is 7.84. The predicted molar refractivity (Wildman–Crippen MR) is 82.2 cm³/mol. The van der Waals surface area contributed by atoms with Gasteiger partial charge in [-0.2, -0.15) is 0 Å². The summed E-state index contributed by atoms with van der Waals surface area (Å²) in [6.07, 6.45) is 5.87. The molecule has 1 aliphatic rings. The van der Waals surface area contributed by atoms with Crippen LogP contribution in [0.25, 0.3) is 0 Å². The molecule has 0 heterocycles. The number of ether oxygens (including phenoxy) is 1. The number of carbonyl (C=O) groups excluding carboxylic acids is 1. The first-order chi connectivity index (χ1) is 10.2. The Balaban J connectivity index is 1.60. The quantitative estimate of drug-likeness (QED) is 0.597. The summed E-state index contributed by atoms with van der Waals surface area (Å²) in [6.45, 7) is 2.71. The predicted octanol–water partition coefficient (Wildman–Crippen LogP) is 2.21. The normalized spacial score (nSPS) is 20.5. The van der Waals surface area contributed by atoms with Crippen molar-refractivity contribution in [3.8, 4) is 5.75 Å². The molecule has 2 atom stereocenters. The summed E-state index contributed by atoms with van der Waals surface area (Å²) in [7, 11) is 0. The van der Waals surface area contributed by atoms with Crippen LogP contribution in [-0.4, -0.2) is 30.3 Å². The van der Waals surface area contributed by atoms with Gasteiger partial charge in [0, 0.05) is 25.0 Å². The molecule has 4 nitrogen and oxygen atoms in total.